The van der Waals surface area contributed by atoms with E-state index in [1.54, 1.807) is 20.8 Å². The van der Waals surface area contributed by atoms with Crippen molar-refractivity contribution in [2.45, 2.75) is 85.8 Å². The number of benzene rings is 1. The molecule has 1 aromatic rings. The molecule has 1 atom stereocenters. The van der Waals surface area contributed by atoms with Gasteiger partial charge in [-0.1, -0.05) is 33.8 Å². The lowest BCUT2D eigenvalue weighted by atomic mass is 9.78. The van der Waals surface area contributed by atoms with Crippen LogP contribution in [-0.4, -0.2) is 29.7 Å². The first-order valence-electron chi connectivity index (χ1n) is 9.94. The van der Waals surface area contributed by atoms with E-state index in [0.717, 1.165) is 23.0 Å². The molecule has 1 rings (SSSR count). The molecule has 0 aliphatic rings. The van der Waals surface area contributed by atoms with Gasteiger partial charge in [-0.25, -0.2) is 4.79 Å². The number of aryl methyl sites for hydroxylation is 2. The highest BCUT2D eigenvalue weighted by Crippen LogP contribution is 2.37. The van der Waals surface area contributed by atoms with Crippen molar-refractivity contribution in [3.05, 3.63) is 28.8 Å². The lowest BCUT2D eigenvalue weighted by Crippen LogP contribution is -2.48. The van der Waals surface area contributed by atoms with E-state index >= 15 is 0 Å². The van der Waals surface area contributed by atoms with Gasteiger partial charge in [-0.2, -0.15) is 0 Å². The Morgan fingerprint density at radius 3 is 2.17 bits per heavy atom. The Morgan fingerprint density at radius 2 is 1.69 bits per heavy atom. The van der Waals surface area contributed by atoms with E-state index in [2.05, 4.69) is 5.48 Å². The number of esters is 1. The second-order valence-corrected chi connectivity index (χ2v) is 9.52. The van der Waals surface area contributed by atoms with Gasteiger partial charge in [-0.3, -0.25) is 4.79 Å². The minimum absolute atomic E-state index is 0.202. The van der Waals surface area contributed by atoms with Crippen molar-refractivity contribution in [1.29, 1.82) is 0 Å². The van der Waals surface area contributed by atoms with Crippen LogP contribution in [0.3, 0.4) is 0 Å². The maximum Gasteiger partial charge on any atom is 0.376 e. The highest BCUT2D eigenvalue weighted by Gasteiger charge is 2.33. The molecule has 1 aromatic carbocycles. The molecule has 6 heteroatoms. The van der Waals surface area contributed by atoms with Gasteiger partial charge in [0, 0.05) is 17.4 Å². The monoisotopic (exact) mass is 405 g/mol. The molecular weight excluding hydrogens is 370 g/mol. The van der Waals surface area contributed by atoms with Crippen LogP contribution >= 0.6 is 0 Å². The summed E-state index contributed by atoms with van der Waals surface area (Å²) >= 11 is 0. The first-order valence-corrected chi connectivity index (χ1v) is 9.94. The quantitative estimate of drug-likeness (QED) is 0.290. The van der Waals surface area contributed by atoms with Gasteiger partial charge in [0.1, 0.15) is 17.9 Å². The van der Waals surface area contributed by atoms with E-state index < -0.39 is 28.8 Å². The molecule has 0 amide bonds. The van der Waals surface area contributed by atoms with Gasteiger partial charge >= 0.3 is 5.97 Å². The molecule has 0 saturated carbocycles. The first kappa shape index (κ1) is 24.8. The zero-order valence-electron chi connectivity index (χ0n) is 19.1. The Labute approximate surface area is 174 Å². The van der Waals surface area contributed by atoms with E-state index in [9.17, 15) is 14.4 Å². The summed E-state index contributed by atoms with van der Waals surface area (Å²) in [6.45, 7) is 16.6. The standard InChI is InChI=1S/C23H35NO5/c1-14(2)19(20(26)21(27)28-22(5,6)7)24-29-17-13-15(3)12-16(4)18(17)23(8,9)10-11-25/h11-14,19,24H,10H2,1-9H3/t19-/m0/s1. The third-order valence-electron chi connectivity index (χ3n) is 4.56. The minimum atomic E-state index is -0.894. The molecular formula is C23H35NO5. The number of Topliss-reactive ketones (excluding diaryl/α,β-unsaturated/α-hetero) is 1. The summed E-state index contributed by atoms with van der Waals surface area (Å²) in [5.74, 6) is -1.24. The van der Waals surface area contributed by atoms with Crippen LogP contribution in [0.5, 0.6) is 5.75 Å². The van der Waals surface area contributed by atoms with Crippen LogP contribution in [0.1, 0.15) is 71.6 Å². The highest BCUT2D eigenvalue weighted by atomic mass is 16.6. The molecule has 0 spiro atoms. The Kier molecular flexibility index (Phi) is 8.16. The number of carbonyl (C=O) groups is 3. The Bertz CT molecular complexity index is 759. The number of hydroxylamine groups is 1. The maximum atomic E-state index is 12.6. The average molecular weight is 406 g/mol. The number of aldehydes is 1. The molecule has 0 heterocycles. The highest BCUT2D eigenvalue weighted by molar-refractivity contribution is 6.35. The van der Waals surface area contributed by atoms with Crippen molar-refractivity contribution in [2.75, 3.05) is 0 Å². The van der Waals surface area contributed by atoms with E-state index in [-0.39, 0.29) is 5.92 Å². The van der Waals surface area contributed by atoms with E-state index in [0.29, 0.717) is 12.2 Å². The van der Waals surface area contributed by atoms with Gasteiger partial charge in [0.05, 0.1) is 0 Å². The lowest BCUT2D eigenvalue weighted by Gasteiger charge is -2.29. The van der Waals surface area contributed by atoms with Gasteiger partial charge < -0.3 is 14.4 Å². The van der Waals surface area contributed by atoms with Crippen molar-refractivity contribution in [3.8, 4) is 5.75 Å². The minimum Gasteiger partial charge on any atom is -0.454 e. The molecule has 1 N–H and O–H groups in total. The predicted octanol–water partition coefficient (Wildman–Crippen LogP) is 3.99. The van der Waals surface area contributed by atoms with Crippen molar-refractivity contribution >= 4 is 18.0 Å². The molecule has 0 aliphatic carbocycles. The summed E-state index contributed by atoms with van der Waals surface area (Å²) < 4.78 is 5.21. The predicted molar refractivity (Wildman–Crippen MR) is 113 cm³/mol. The summed E-state index contributed by atoms with van der Waals surface area (Å²) in [4.78, 5) is 41.9. The SMILES string of the molecule is Cc1cc(C)c(C(C)(C)CC=O)c(ON[C@H](C(=O)C(=O)OC(C)(C)C)C(C)C)c1. The smallest absolute Gasteiger partial charge is 0.376 e. The number of hydrogen-bond acceptors (Lipinski definition) is 6. The van der Waals surface area contributed by atoms with Crippen LogP contribution < -0.4 is 10.3 Å². The van der Waals surface area contributed by atoms with E-state index in [1.807, 2.05) is 53.7 Å². The summed E-state index contributed by atoms with van der Waals surface area (Å²) in [6, 6.07) is 3.02. The van der Waals surface area contributed by atoms with Gasteiger partial charge in [-0.15, -0.1) is 5.48 Å². The number of rotatable bonds is 9. The summed E-state index contributed by atoms with van der Waals surface area (Å²) in [5.41, 5.74) is 4.44. The Hall–Kier alpha value is -2.21. The molecule has 0 unspecified atom stereocenters. The first-order chi connectivity index (χ1) is 13.2. The molecule has 0 aliphatic heterocycles. The van der Waals surface area contributed by atoms with Crippen LogP contribution in [0.25, 0.3) is 0 Å². The molecule has 0 bridgehead atoms. The van der Waals surface area contributed by atoms with Crippen molar-refractivity contribution in [2.24, 2.45) is 5.92 Å². The topological polar surface area (TPSA) is 81.7 Å². The molecule has 0 fully saturated rings. The van der Waals surface area contributed by atoms with Crippen LogP contribution in [0, 0.1) is 19.8 Å². The lowest BCUT2D eigenvalue weighted by molar-refractivity contribution is -0.164. The van der Waals surface area contributed by atoms with E-state index in [4.69, 9.17) is 9.57 Å². The largest absolute Gasteiger partial charge is 0.454 e. The van der Waals surface area contributed by atoms with Gasteiger partial charge in [0.15, 0.2) is 5.75 Å². The number of hydrogen-bond donors (Lipinski definition) is 1. The van der Waals surface area contributed by atoms with E-state index in [1.165, 1.54) is 0 Å². The van der Waals surface area contributed by atoms with Crippen LogP contribution in [-0.2, 0) is 24.5 Å². The summed E-state index contributed by atoms with van der Waals surface area (Å²) in [7, 11) is 0. The van der Waals surface area contributed by atoms with Gasteiger partial charge in [-0.05, 0) is 57.7 Å². The fraction of sp³-hybridized carbons (Fsp3) is 0.609. The summed E-state index contributed by atoms with van der Waals surface area (Å²) in [5, 5.41) is 0. The molecule has 0 radical (unpaired) electrons. The molecule has 162 valence electrons. The van der Waals surface area contributed by atoms with Crippen LogP contribution in [0.2, 0.25) is 0 Å². The zero-order valence-corrected chi connectivity index (χ0v) is 19.1. The number of carbonyl (C=O) groups excluding carboxylic acids is 3. The maximum absolute atomic E-state index is 12.6. The van der Waals surface area contributed by atoms with Crippen LogP contribution in [0.4, 0.5) is 0 Å². The normalized spacial score (nSPS) is 13.2. The van der Waals surface area contributed by atoms with Crippen molar-refractivity contribution < 1.29 is 24.0 Å². The number of ketones is 1. The number of nitrogens with one attached hydrogen (secondary N) is 1. The molecule has 0 saturated heterocycles. The van der Waals surface area contributed by atoms with Crippen molar-refractivity contribution in [1.82, 2.24) is 5.48 Å². The fourth-order valence-corrected chi connectivity index (χ4v) is 3.26. The Balaban J connectivity index is 3.17. The molecule has 6 nitrogen and oxygen atoms in total. The fourth-order valence-electron chi connectivity index (χ4n) is 3.26. The second kappa shape index (κ2) is 9.53. The van der Waals surface area contributed by atoms with Crippen molar-refractivity contribution in [3.63, 3.8) is 0 Å². The zero-order chi connectivity index (χ0) is 22.6. The Morgan fingerprint density at radius 1 is 1.10 bits per heavy atom. The second-order valence-electron chi connectivity index (χ2n) is 9.52. The van der Waals surface area contributed by atoms with Gasteiger partial charge in [0.25, 0.3) is 5.78 Å². The molecule has 29 heavy (non-hydrogen) atoms. The molecule has 0 aromatic heterocycles. The third kappa shape index (κ3) is 6.96. The van der Waals surface area contributed by atoms with Gasteiger partial charge in [0.2, 0.25) is 0 Å². The third-order valence-corrected chi connectivity index (χ3v) is 4.56. The number of ether oxygens (including phenoxy) is 1. The summed E-state index contributed by atoms with van der Waals surface area (Å²) in [6.07, 6.45) is 1.22. The average Bonchev–Trinajstić information content (AvgIpc) is 2.51. The van der Waals surface area contributed by atoms with Crippen LogP contribution in [0.15, 0.2) is 12.1 Å².